The molecule has 3 atom stereocenters. The summed E-state index contributed by atoms with van der Waals surface area (Å²) in [6.07, 6.45) is 3.98. The van der Waals surface area contributed by atoms with Gasteiger partial charge < -0.3 is 5.32 Å². The Kier molecular flexibility index (Phi) is 3.86. The molecule has 0 fully saturated rings. The van der Waals surface area contributed by atoms with Gasteiger partial charge in [-0.25, -0.2) is 9.07 Å². The molecule has 1 aliphatic carbocycles. The summed E-state index contributed by atoms with van der Waals surface area (Å²) in [5.74, 6) is 0.0720. The Bertz CT molecular complexity index is 1090. The average molecular weight is 374 g/mol. The van der Waals surface area contributed by atoms with Gasteiger partial charge in [-0.1, -0.05) is 42.5 Å². The Morgan fingerprint density at radius 1 is 1.14 bits per heavy atom. The normalized spacial score (nSPS) is 23.4. The van der Waals surface area contributed by atoms with Crippen LogP contribution in [0.25, 0.3) is 0 Å². The minimum absolute atomic E-state index is 0.0844. The molecule has 1 aromatic heterocycles. The molecule has 0 bridgehead atoms. The number of fused-ring (bicyclic) bond motifs is 2. The van der Waals surface area contributed by atoms with Crippen LogP contribution in [-0.4, -0.2) is 20.5 Å². The lowest BCUT2D eigenvalue weighted by Crippen LogP contribution is -2.40. The van der Waals surface area contributed by atoms with Crippen LogP contribution in [0.15, 0.2) is 66.6 Å². The topological polar surface area (TPSA) is 59.8 Å². The summed E-state index contributed by atoms with van der Waals surface area (Å²) in [6.45, 7) is 2.05. The third kappa shape index (κ3) is 2.64. The van der Waals surface area contributed by atoms with E-state index in [0.29, 0.717) is 12.4 Å². The van der Waals surface area contributed by atoms with E-state index in [1.54, 1.807) is 16.8 Å². The van der Waals surface area contributed by atoms with Gasteiger partial charge in [0, 0.05) is 18.0 Å². The van der Waals surface area contributed by atoms with E-state index in [1.807, 2.05) is 31.2 Å². The minimum Gasteiger partial charge on any atom is -0.328 e. The van der Waals surface area contributed by atoms with E-state index >= 15 is 0 Å². The first kappa shape index (κ1) is 16.9. The molecular weight excluding hydrogens is 355 g/mol. The molecule has 2 aliphatic rings. The Labute approximate surface area is 161 Å². The molecule has 1 N–H and O–H groups in total. The molecule has 5 rings (SSSR count). The van der Waals surface area contributed by atoms with E-state index in [1.165, 1.54) is 18.5 Å². The Hall–Kier alpha value is -3.28. The molecule has 28 heavy (non-hydrogen) atoms. The highest BCUT2D eigenvalue weighted by Crippen LogP contribution is 2.44. The number of halogens is 1. The van der Waals surface area contributed by atoms with Crippen LogP contribution in [0.2, 0.25) is 0 Å². The smallest absolute Gasteiger partial charge is 0.226 e. The number of ketones is 1. The van der Waals surface area contributed by atoms with Crippen LogP contribution < -0.4 is 5.32 Å². The molecule has 0 amide bonds. The third-order valence-corrected chi connectivity index (χ3v) is 5.70. The van der Waals surface area contributed by atoms with Gasteiger partial charge in [0.15, 0.2) is 0 Å². The average Bonchev–Trinajstić information content (AvgIpc) is 3.15. The van der Waals surface area contributed by atoms with Crippen LogP contribution >= 0.6 is 0 Å². The van der Waals surface area contributed by atoms with E-state index in [4.69, 9.17) is 0 Å². The fourth-order valence-corrected chi connectivity index (χ4v) is 4.33. The fourth-order valence-electron chi connectivity index (χ4n) is 4.33. The second kappa shape index (κ2) is 6.41. The first-order valence-corrected chi connectivity index (χ1v) is 9.34. The number of rotatable bonds is 2. The predicted octanol–water partition coefficient (Wildman–Crippen LogP) is 4.00. The molecule has 2 heterocycles. The second-order valence-corrected chi connectivity index (χ2v) is 7.38. The quantitative estimate of drug-likeness (QED) is 0.737. The molecule has 0 spiro atoms. The summed E-state index contributed by atoms with van der Waals surface area (Å²) in [5, 5.41) is 7.69. The molecule has 3 aromatic rings. The second-order valence-electron chi connectivity index (χ2n) is 7.38. The number of carbonyl (C=O) groups is 1. The maximum absolute atomic E-state index is 13.3. The van der Waals surface area contributed by atoms with Gasteiger partial charge in [-0.2, -0.15) is 10.1 Å². The third-order valence-electron chi connectivity index (χ3n) is 5.70. The molecular formula is C22H19FN4O. The van der Waals surface area contributed by atoms with Gasteiger partial charge in [-0.15, -0.1) is 0 Å². The monoisotopic (exact) mass is 374 g/mol. The van der Waals surface area contributed by atoms with Crippen molar-refractivity contribution in [3.63, 3.8) is 0 Å². The van der Waals surface area contributed by atoms with E-state index in [9.17, 15) is 9.18 Å². The zero-order valence-corrected chi connectivity index (χ0v) is 15.3. The summed E-state index contributed by atoms with van der Waals surface area (Å²) in [7, 11) is 0. The summed E-state index contributed by atoms with van der Waals surface area (Å²) in [4.78, 5) is 17.6. The van der Waals surface area contributed by atoms with Gasteiger partial charge in [0.1, 0.15) is 17.9 Å². The van der Waals surface area contributed by atoms with Crippen LogP contribution in [0.5, 0.6) is 0 Å². The highest BCUT2D eigenvalue weighted by atomic mass is 19.1. The van der Waals surface area contributed by atoms with Crippen molar-refractivity contribution < 1.29 is 9.18 Å². The van der Waals surface area contributed by atoms with Crippen LogP contribution in [0.1, 0.15) is 35.1 Å². The lowest BCUT2D eigenvalue weighted by Gasteiger charge is -2.38. The molecule has 2 aromatic carbocycles. The number of aryl methyl sites for hydroxylation is 1. The Morgan fingerprint density at radius 3 is 2.71 bits per heavy atom. The number of carbonyl (C=O) groups excluding carboxylic acids is 1. The number of Topliss-reactive ketones (excluding diaryl/α,β-unsaturated/α-hetero) is 1. The van der Waals surface area contributed by atoms with Crippen LogP contribution in [0, 0.1) is 18.7 Å². The largest absolute Gasteiger partial charge is 0.328 e. The number of allylic oxidation sites excluding steroid dienone is 2. The fraction of sp³-hybridized carbons (Fsp3) is 0.227. The molecule has 0 unspecified atom stereocenters. The van der Waals surface area contributed by atoms with Gasteiger partial charge >= 0.3 is 0 Å². The van der Waals surface area contributed by atoms with Crippen molar-refractivity contribution in [1.29, 1.82) is 0 Å². The van der Waals surface area contributed by atoms with Gasteiger partial charge in [-0.3, -0.25) is 4.79 Å². The molecule has 0 saturated heterocycles. The van der Waals surface area contributed by atoms with Gasteiger partial charge in [-0.05, 0) is 35.7 Å². The number of aromatic nitrogens is 3. The van der Waals surface area contributed by atoms with Crippen molar-refractivity contribution in [1.82, 2.24) is 14.8 Å². The summed E-state index contributed by atoms with van der Waals surface area (Å²) >= 11 is 0. The zero-order valence-electron chi connectivity index (χ0n) is 15.3. The maximum Gasteiger partial charge on any atom is 0.226 e. The van der Waals surface area contributed by atoms with E-state index in [0.717, 1.165) is 22.4 Å². The lowest BCUT2D eigenvalue weighted by atomic mass is 9.75. The van der Waals surface area contributed by atoms with Crippen LogP contribution in [0.4, 0.5) is 10.3 Å². The number of benzene rings is 2. The summed E-state index contributed by atoms with van der Waals surface area (Å²) in [5.41, 5.74) is 3.96. The SMILES string of the molecule is Cc1ccccc1[C@H]1[C@@H]2C(=O)C[C@H](c3ccc(F)cc3)C=C2Nc2ncnn21. The zero-order chi connectivity index (χ0) is 19.3. The van der Waals surface area contributed by atoms with Crippen LogP contribution in [0.3, 0.4) is 0 Å². The predicted molar refractivity (Wildman–Crippen MR) is 103 cm³/mol. The standard InChI is InChI=1S/C22H19FN4O/c1-13-4-2-3-5-17(13)21-20-18(26-22-24-12-25-27(21)22)10-15(11-19(20)28)14-6-8-16(23)9-7-14/h2-10,12,15,20-21H,11H2,1H3,(H,24,25,26)/t15-,20+,21+/m1/s1. The number of nitrogens with one attached hydrogen (secondary N) is 1. The van der Waals surface area contributed by atoms with E-state index < -0.39 is 0 Å². The van der Waals surface area contributed by atoms with Gasteiger partial charge in [0.05, 0.1) is 12.0 Å². The van der Waals surface area contributed by atoms with Crippen molar-refractivity contribution in [2.75, 3.05) is 5.32 Å². The Balaban J connectivity index is 1.62. The highest BCUT2D eigenvalue weighted by molar-refractivity contribution is 5.88. The molecule has 0 radical (unpaired) electrons. The minimum atomic E-state index is -0.341. The number of nitrogens with zero attached hydrogens (tertiary/aromatic N) is 3. The van der Waals surface area contributed by atoms with Gasteiger partial charge in [0.2, 0.25) is 5.95 Å². The van der Waals surface area contributed by atoms with Crippen molar-refractivity contribution in [2.45, 2.75) is 25.3 Å². The Morgan fingerprint density at radius 2 is 1.93 bits per heavy atom. The van der Waals surface area contributed by atoms with Gasteiger partial charge in [0.25, 0.3) is 0 Å². The number of hydrogen-bond acceptors (Lipinski definition) is 4. The summed E-state index contributed by atoms with van der Waals surface area (Å²) < 4.78 is 15.1. The van der Waals surface area contributed by atoms with Crippen molar-refractivity contribution >= 4 is 11.7 Å². The first-order valence-electron chi connectivity index (χ1n) is 9.34. The molecule has 5 nitrogen and oxygen atoms in total. The van der Waals surface area contributed by atoms with Crippen LogP contribution in [-0.2, 0) is 4.79 Å². The molecule has 1 aliphatic heterocycles. The van der Waals surface area contributed by atoms with E-state index in [2.05, 4.69) is 21.5 Å². The van der Waals surface area contributed by atoms with E-state index in [-0.39, 0.29) is 29.5 Å². The molecule has 140 valence electrons. The molecule has 6 heteroatoms. The van der Waals surface area contributed by atoms with Crippen molar-refractivity contribution in [3.05, 3.63) is 89.1 Å². The van der Waals surface area contributed by atoms with Crippen molar-refractivity contribution in [2.24, 2.45) is 5.92 Å². The summed E-state index contributed by atoms with van der Waals surface area (Å²) in [6, 6.07) is 14.2. The number of anilines is 1. The number of hydrogen-bond donors (Lipinski definition) is 1. The highest BCUT2D eigenvalue weighted by Gasteiger charge is 2.43. The van der Waals surface area contributed by atoms with Crippen molar-refractivity contribution in [3.8, 4) is 0 Å². The lowest BCUT2D eigenvalue weighted by molar-refractivity contribution is -0.123. The molecule has 0 saturated carbocycles. The first-order chi connectivity index (χ1) is 13.6. The maximum atomic E-state index is 13.3.